The van der Waals surface area contributed by atoms with E-state index in [4.69, 9.17) is 9.84 Å². The minimum absolute atomic E-state index is 0.112. The average Bonchev–Trinajstić information content (AvgIpc) is 3.12. The first-order valence-corrected chi connectivity index (χ1v) is 8.05. The SMILES string of the molecule is COc1cc(C(=O)O)ccc1CCNC(=O)C(C)(C)n1cc([N+](=O)[O-])cn1. The van der Waals surface area contributed by atoms with Gasteiger partial charge in [-0.3, -0.25) is 19.6 Å². The first-order chi connectivity index (χ1) is 12.7. The Labute approximate surface area is 154 Å². The molecule has 10 heteroatoms. The van der Waals surface area contributed by atoms with E-state index < -0.39 is 16.4 Å². The maximum absolute atomic E-state index is 12.5. The van der Waals surface area contributed by atoms with Gasteiger partial charge >= 0.3 is 11.7 Å². The van der Waals surface area contributed by atoms with Crippen molar-refractivity contribution in [2.45, 2.75) is 25.8 Å². The van der Waals surface area contributed by atoms with Crippen LogP contribution < -0.4 is 10.1 Å². The summed E-state index contributed by atoms with van der Waals surface area (Å²) in [6, 6.07) is 4.53. The lowest BCUT2D eigenvalue weighted by Gasteiger charge is -2.24. The van der Waals surface area contributed by atoms with Crippen molar-refractivity contribution >= 4 is 17.6 Å². The number of hydrogen-bond donors (Lipinski definition) is 2. The number of nitro groups is 1. The molecule has 0 saturated heterocycles. The van der Waals surface area contributed by atoms with E-state index in [1.54, 1.807) is 19.9 Å². The number of amides is 1. The fraction of sp³-hybridized carbons (Fsp3) is 0.353. The van der Waals surface area contributed by atoms with E-state index in [1.807, 2.05) is 0 Å². The van der Waals surface area contributed by atoms with Gasteiger partial charge in [0.15, 0.2) is 0 Å². The molecule has 1 aromatic heterocycles. The molecule has 2 aromatic rings. The van der Waals surface area contributed by atoms with E-state index in [-0.39, 0.29) is 23.7 Å². The molecule has 144 valence electrons. The maximum atomic E-state index is 12.5. The van der Waals surface area contributed by atoms with Gasteiger partial charge in [0, 0.05) is 6.54 Å². The van der Waals surface area contributed by atoms with Gasteiger partial charge in [0.25, 0.3) is 0 Å². The Kier molecular flexibility index (Phi) is 5.78. The number of nitrogens with zero attached hydrogens (tertiary/aromatic N) is 3. The Morgan fingerprint density at radius 1 is 1.41 bits per heavy atom. The van der Waals surface area contributed by atoms with Gasteiger partial charge in [0.1, 0.15) is 23.7 Å². The Balaban J connectivity index is 2.02. The van der Waals surface area contributed by atoms with Gasteiger partial charge in [-0.2, -0.15) is 5.10 Å². The van der Waals surface area contributed by atoms with Gasteiger partial charge < -0.3 is 15.2 Å². The third kappa shape index (κ3) is 4.40. The second-order valence-corrected chi connectivity index (χ2v) is 6.30. The minimum atomic E-state index is -1.12. The molecular formula is C17H20N4O6. The molecule has 0 fully saturated rings. The molecule has 0 unspecified atom stereocenters. The van der Waals surface area contributed by atoms with Crippen molar-refractivity contribution in [3.63, 3.8) is 0 Å². The molecule has 2 N–H and O–H groups in total. The van der Waals surface area contributed by atoms with E-state index in [1.165, 1.54) is 30.1 Å². The third-order valence-electron chi connectivity index (χ3n) is 4.12. The van der Waals surface area contributed by atoms with Crippen molar-refractivity contribution in [1.82, 2.24) is 15.1 Å². The molecule has 0 bridgehead atoms. The van der Waals surface area contributed by atoms with Crippen LogP contribution in [-0.4, -0.2) is 45.3 Å². The second-order valence-electron chi connectivity index (χ2n) is 6.30. The van der Waals surface area contributed by atoms with E-state index in [0.29, 0.717) is 12.2 Å². The van der Waals surface area contributed by atoms with Gasteiger partial charge in [-0.15, -0.1) is 0 Å². The maximum Gasteiger partial charge on any atom is 0.335 e. The van der Waals surface area contributed by atoms with E-state index in [9.17, 15) is 19.7 Å². The normalized spacial score (nSPS) is 11.1. The summed E-state index contributed by atoms with van der Waals surface area (Å²) in [5.74, 6) is -0.990. The van der Waals surface area contributed by atoms with Crippen LogP contribution in [0.3, 0.4) is 0 Å². The molecule has 0 aliphatic carbocycles. The lowest BCUT2D eigenvalue weighted by Crippen LogP contribution is -2.45. The number of nitrogens with one attached hydrogen (secondary N) is 1. The smallest absolute Gasteiger partial charge is 0.335 e. The number of carbonyl (C=O) groups is 2. The lowest BCUT2D eigenvalue weighted by atomic mass is 10.0. The van der Waals surface area contributed by atoms with E-state index >= 15 is 0 Å². The molecule has 0 spiro atoms. The number of ether oxygens (including phenoxy) is 1. The van der Waals surface area contributed by atoms with Crippen molar-refractivity contribution in [3.05, 3.63) is 51.8 Å². The fourth-order valence-electron chi connectivity index (χ4n) is 2.43. The Hall–Kier alpha value is -3.43. The molecule has 1 heterocycles. The topological polar surface area (TPSA) is 137 Å². The number of methoxy groups -OCH3 is 1. The highest BCUT2D eigenvalue weighted by Gasteiger charge is 2.31. The quantitative estimate of drug-likeness (QED) is 0.527. The number of aromatic carboxylic acids is 1. The van der Waals surface area contributed by atoms with Crippen LogP contribution >= 0.6 is 0 Å². The Morgan fingerprint density at radius 3 is 2.67 bits per heavy atom. The summed E-state index contributed by atoms with van der Waals surface area (Å²) in [6.07, 6.45) is 2.71. The predicted octanol–water partition coefficient (Wildman–Crippen LogP) is 1.59. The number of carbonyl (C=O) groups excluding carboxylic acids is 1. The summed E-state index contributed by atoms with van der Waals surface area (Å²) in [6.45, 7) is 3.47. The van der Waals surface area contributed by atoms with Crippen molar-refractivity contribution in [2.24, 2.45) is 0 Å². The van der Waals surface area contributed by atoms with Crippen molar-refractivity contribution < 1.29 is 24.4 Å². The van der Waals surface area contributed by atoms with E-state index in [0.717, 1.165) is 11.8 Å². The summed E-state index contributed by atoms with van der Waals surface area (Å²) < 4.78 is 6.44. The monoisotopic (exact) mass is 376 g/mol. The highest BCUT2D eigenvalue weighted by atomic mass is 16.6. The van der Waals surface area contributed by atoms with Crippen LogP contribution in [0.1, 0.15) is 29.8 Å². The number of rotatable bonds is 8. The number of carboxylic acids is 1. The first kappa shape index (κ1) is 19.9. The van der Waals surface area contributed by atoms with E-state index in [2.05, 4.69) is 10.4 Å². The molecule has 27 heavy (non-hydrogen) atoms. The summed E-state index contributed by atoms with van der Waals surface area (Å²) in [5.41, 5.74) is -0.457. The predicted molar refractivity (Wildman–Crippen MR) is 94.9 cm³/mol. The van der Waals surface area contributed by atoms with Crippen LogP contribution in [0.4, 0.5) is 5.69 Å². The Bertz CT molecular complexity index is 874. The molecule has 0 atom stereocenters. The minimum Gasteiger partial charge on any atom is -0.496 e. The molecular weight excluding hydrogens is 356 g/mol. The zero-order valence-electron chi connectivity index (χ0n) is 15.1. The van der Waals surface area contributed by atoms with Gasteiger partial charge in [-0.25, -0.2) is 4.79 Å². The molecule has 1 aromatic carbocycles. The van der Waals surface area contributed by atoms with Crippen LogP contribution in [-0.2, 0) is 16.8 Å². The molecule has 0 saturated carbocycles. The standard InChI is InChI=1S/C17H20N4O6/c1-17(2,20-10-13(9-19-20)21(25)26)16(24)18-7-6-11-4-5-12(15(22)23)8-14(11)27-3/h4-5,8-10H,6-7H2,1-3H3,(H,18,24)(H,22,23). The van der Waals surface area contributed by atoms with Crippen LogP contribution in [0.2, 0.25) is 0 Å². The summed E-state index contributed by atoms with van der Waals surface area (Å²) >= 11 is 0. The molecule has 0 aliphatic heterocycles. The molecule has 2 rings (SSSR count). The van der Waals surface area contributed by atoms with Crippen LogP contribution in [0.15, 0.2) is 30.6 Å². The number of aromatic nitrogens is 2. The van der Waals surface area contributed by atoms with Gasteiger partial charge in [-0.05, 0) is 38.0 Å². The van der Waals surface area contributed by atoms with Crippen LogP contribution in [0, 0.1) is 10.1 Å². The highest BCUT2D eigenvalue weighted by Crippen LogP contribution is 2.21. The summed E-state index contributed by atoms with van der Waals surface area (Å²) in [5, 5.41) is 26.4. The third-order valence-corrected chi connectivity index (χ3v) is 4.12. The first-order valence-electron chi connectivity index (χ1n) is 8.05. The van der Waals surface area contributed by atoms with Gasteiger partial charge in [0.05, 0.1) is 17.6 Å². The second kappa shape index (κ2) is 7.85. The van der Waals surface area contributed by atoms with Crippen molar-refractivity contribution in [2.75, 3.05) is 13.7 Å². The summed E-state index contributed by atoms with van der Waals surface area (Å²) in [4.78, 5) is 33.7. The van der Waals surface area contributed by atoms with Gasteiger partial charge in [0.2, 0.25) is 5.91 Å². The molecule has 1 amide bonds. The average molecular weight is 376 g/mol. The zero-order valence-corrected chi connectivity index (χ0v) is 15.1. The summed E-state index contributed by atoms with van der Waals surface area (Å²) in [7, 11) is 1.44. The number of carboxylic acid groups (broad SMARTS) is 1. The lowest BCUT2D eigenvalue weighted by molar-refractivity contribution is -0.385. The van der Waals surface area contributed by atoms with Crippen LogP contribution in [0.25, 0.3) is 0 Å². The molecule has 0 radical (unpaired) electrons. The van der Waals surface area contributed by atoms with Gasteiger partial charge in [-0.1, -0.05) is 6.07 Å². The highest BCUT2D eigenvalue weighted by molar-refractivity contribution is 5.88. The number of benzene rings is 1. The van der Waals surface area contributed by atoms with Crippen LogP contribution in [0.5, 0.6) is 5.75 Å². The molecule has 0 aliphatic rings. The Morgan fingerprint density at radius 2 is 2.11 bits per heavy atom. The number of hydrogen-bond acceptors (Lipinski definition) is 6. The van der Waals surface area contributed by atoms with Crippen molar-refractivity contribution in [1.29, 1.82) is 0 Å². The molecule has 10 nitrogen and oxygen atoms in total. The van der Waals surface area contributed by atoms with Crippen molar-refractivity contribution in [3.8, 4) is 5.75 Å². The zero-order chi connectivity index (χ0) is 20.2. The fourth-order valence-corrected chi connectivity index (χ4v) is 2.43. The largest absolute Gasteiger partial charge is 0.496 e.